The van der Waals surface area contributed by atoms with E-state index >= 15 is 0 Å². The molecule has 3 aromatic rings. The molecule has 0 fully saturated rings. The normalized spacial score (nSPS) is 12.8. The third-order valence-electron chi connectivity index (χ3n) is 5.29. The summed E-state index contributed by atoms with van der Waals surface area (Å²) in [5.74, 6) is -0.487. The molecule has 1 atom stereocenters. The summed E-state index contributed by atoms with van der Waals surface area (Å²) in [6, 6.07) is 12.1. The van der Waals surface area contributed by atoms with Crippen molar-refractivity contribution in [1.29, 1.82) is 0 Å². The number of rotatable bonds is 5. The van der Waals surface area contributed by atoms with E-state index in [4.69, 9.17) is 4.42 Å². The standard InChI is InChI=1S/C27H33N3O3/c1-18-14-16-33-23(18)25(32)30(21-12-10-20(11-13-21)26(2,3)4)22(19-9-8-15-28-17-19)24(31)29-27(5,6)7/h8-17,22H,1-7H3,(H,29,31). The van der Waals surface area contributed by atoms with Crippen molar-refractivity contribution in [3.63, 3.8) is 0 Å². The van der Waals surface area contributed by atoms with E-state index in [0.29, 0.717) is 16.8 Å². The minimum absolute atomic E-state index is 0.0443. The highest BCUT2D eigenvalue weighted by Crippen LogP contribution is 2.32. The van der Waals surface area contributed by atoms with Gasteiger partial charge in [-0.05, 0) is 62.9 Å². The van der Waals surface area contributed by atoms with E-state index in [1.807, 2.05) is 52.0 Å². The van der Waals surface area contributed by atoms with E-state index in [2.05, 4.69) is 31.1 Å². The molecule has 2 heterocycles. The first-order chi connectivity index (χ1) is 15.4. The Morgan fingerprint density at radius 1 is 1.00 bits per heavy atom. The Bertz CT molecular complexity index is 1100. The number of anilines is 1. The first-order valence-corrected chi connectivity index (χ1v) is 11.1. The largest absolute Gasteiger partial charge is 0.459 e. The molecule has 0 aliphatic heterocycles. The predicted molar refractivity (Wildman–Crippen MR) is 130 cm³/mol. The molecule has 0 spiro atoms. The third-order valence-corrected chi connectivity index (χ3v) is 5.29. The van der Waals surface area contributed by atoms with Crippen LogP contribution in [0.3, 0.4) is 0 Å². The summed E-state index contributed by atoms with van der Waals surface area (Å²) in [4.78, 5) is 33.1. The predicted octanol–water partition coefficient (Wildman–Crippen LogP) is 5.58. The Kier molecular flexibility index (Phi) is 6.77. The van der Waals surface area contributed by atoms with E-state index in [9.17, 15) is 9.59 Å². The Hall–Kier alpha value is -3.41. The van der Waals surface area contributed by atoms with Crippen LogP contribution >= 0.6 is 0 Å². The van der Waals surface area contributed by atoms with Gasteiger partial charge in [-0.25, -0.2) is 0 Å². The zero-order chi connectivity index (χ0) is 24.4. The molecule has 0 aliphatic carbocycles. The van der Waals surface area contributed by atoms with Gasteiger partial charge in [-0.1, -0.05) is 39.0 Å². The molecule has 0 bridgehead atoms. The maximum absolute atomic E-state index is 13.8. The lowest BCUT2D eigenvalue weighted by Crippen LogP contribution is -2.49. The van der Waals surface area contributed by atoms with Crippen molar-refractivity contribution in [3.8, 4) is 0 Å². The number of aryl methyl sites for hydroxylation is 1. The van der Waals surface area contributed by atoms with E-state index < -0.39 is 11.6 Å². The highest BCUT2D eigenvalue weighted by molar-refractivity contribution is 6.09. The Labute approximate surface area is 196 Å². The zero-order valence-electron chi connectivity index (χ0n) is 20.5. The first kappa shape index (κ1) is 24.2. The molecule has 1 unspecified atom stereocenters. The molecular weight excluding hydrogens is 414 g/mol. The van der Waals surface area contributed by atoms with Gasteiger partial charge in [0.05, 0.1) is 6.26 Å². The lowest BCUT2D eigenvalue weighted by Gasteiger charge is -2.33. The molecule has 3 rings (SSSR count). The summed E-state index contributed by atoms with van der Waals surface area (Å²) in [5.41, 5.74) is 2.51. The second kappa shape index (κ2) is 9.22. The lowest BCUT2D eigenvalue weighted by molar-refractivity contribution is -0.123. The number of hydrogen-bond donors (Lipinski definition) is 1. The SMILES string of the molecule is Cc1ccoc1C(=O)N(c1ccc(C(C)(C)C)cc1)C(C(=O)NC(C)(C)C)c1cccnc1. The van der Waals surface area contributed by atoms with E-state index in [0.717, 1.165) is 5.56 Å². The number of furan rings is 1. The molecule has 0 aliphatic rings. The molecule has 6 nitrogen and oxygen atoms in total. The topological polar surface area (TPSA) is 75.4 Å². The number of carbonyl (C=O) groups excluding carboxylic acids is 2. The molecule has 0 radical (unpaired) electrons. The van der Waals surface area contributed by atoms with Crippen molar-refractivity contribution in [2.45, 2.75) is 65.5 Å². The van der Waals surface area contributed by atoms with Crippen molar-refractivity contribution in [3.05, 3.63) is 83.6 Å². The lowest BCUT2D eigenvalue weighted by atomic mass is 9.87. The molecule has 6 heteroatoms. The van der Waals surface area contributed by atoms with Crippen molar-refractivity contribution < 1.29 is 14.0 Å². The Balaban J connectivity index is 2.19. The maximum Gasteiger partial charge on any atom is 0.295 e. The van der Waals surface area contributed by atoms with Gasteiger partial charge in [0.25, 0.3) is 5.91 Å². The van der Waals surface area contributed by atoms with Crippen LogP contribution in [0.2, 0.25) is 0 Å². The van der Waals surface area contributed by atoms with Gasteiger partial charge < -0.3 is 9.73 Å². The highest BCUT2D eigenvalue weighted by atomic mass is 16.3. The van der Waals surface area contributed by atoms with E-state index in [1.165, 1.54) is 11.2 Å². The van der Waals surface area contributed by atoms with Crippen LogP contribution in [0.5, 0.6) is 0 Å². The number of carbonyl (C=O) groups is 2. The number of amides is 2. The quantitative estimate of drug-likeness (QED) is 0.554. The molecule has 174 valence electrons. The van der Waals surface area contributed by atoms with Crippen LogP contribution in [-0.4, -0.2) is 22.3 Å². The van der Waals surface area contributed by atoms with Crippen LogP contribution in [0.1, 0.15) is 74.8 Å². The number of pyridine rings is 1. The van der Waals surface area contributed by atoms with Gasteiger partial charge in [0.1, 0.15) is 6.04 Å². The van der Waals surface area contributed by atoms with Gasteiger partial charge in [0.2, 0.25) is 5.91 Å². The molecule has 2 amide bonds. The fourth-order valence-corrected chi connectivity index (χ4v) is 3.60. The second-order valence-corrected chi connectivity index (χ2v) is 10.3. The average Bonchev–Trinajstić information content (AvgIpc) is 3.16. The number of hydrogen-bond acceptors (Lipinski definition) is 4. The van der Waals surface area contributed by atoms with Crippen molar-refractivity contribution in [1.82, 2.24) is 10.3 Å². The van der Waals surface area contributed by atoms with Crippen molar-refractivity contribution in [2.75, 3.05) is 4.90 Å². The number of benzene rings is 1. The van der Waals surface area contributed by atoms with Crippen LogP contribution in [0, 0.1) is 6.92 Å². The van der Waals surface area contributed by atoms with Crippen LogP contribution in [0.4, 0.5) is 5.69 Å². The van der Waals surface area contributed by atoms with Gasteiger partial charge >= 0.3 is 0 Å². The summed E-state index contributed by atoms with van der Waals surface area (Å²) < 4.78 is 5.53. The second-order valence-electron chi connectivity index (χ2n) is 10.3. The van der Waals surface area contributed by atoms with Gasteiger partial charge in [-0.15, -0.1) is 0 Å². The summed E-state index contributed by atoms with van der Waals surface area (Å²) in [6.45, 7) is 13.9. The number of aromatic nitrogens is 1. The van der Waals surface area contributed by atoms with Crippen molar-refractivity contribution in [2.24, 2.45) is 0 Å². The molecule has 0 saturated heterocycles. The summed E-state index contributed by atoms with van der Waals surface area (Å²) >= 11 is 0. The van der Waals surface area contributed by atoms with Crippen LogP contribution in [0.25, 0.3) is 0 Å². The minimum atomic E-state index is -0.935. The Morgan fingerprint density at radius 3 is 2.15 bits per heavy atom. The van der Waals surface area contributed by atoms with Gasteiger partial charge in [-0.2, -0.15) is 0 Å². The summed E-state index contributed by atoms with van der Waals surface area (Å²) in [6.07, 6.45) is 4.74. The number of nitrogens with one attached hydrogen (secondary N) is 1. The van der Waals surface area contributed by atoms with E-state index in [-0.39, 0.29) is 23.0 Å². The first-order valence-electron chi connectivity index (χ1n) is 11.1. The van der Waals surface area contributed by atoms with Crippen LogP contribution in [0.15, 0.2) is 65.5 Å². The van der Waals surface area contributed by atoms with Crippen molar-refractivity contribution >= 4 is 17.5 Å². The van der Waals surface area contributed by atoms with Crippen LogP contribution < -0.4 is 10.2 Å². The van der Waals surface area contributed by atoms with Crippen LogP contribution in [-0.2, 0) is 10.2 Å². The minimum Gasteiger partial charge on any atom is -0.459 e. The monoisotopic (exact) mass is 447 g/mol. The fourth-order valence-electron chi connectivity index (χ4n) is 3.60. The van der Waals surface area contributed by atoms with Gasteiger partial charge in [0.15, 0.2) is 5.76 Å². The molecular formula is C27H33N3O3. The van der Waals surface area contributed by atoms with Gasteiger partial charge in [-0.3, -0.25) is 19.5 Å². The molecule has 2 aromatic heterocycles. The summed E-state index contributed by atoms with van der Waals surface area (Å²) in [5, 5.41) is 3.03. The highest BCUT2D eigenvalue weighted by Gasteiger charge is 2.36. The smallest absolute Gasteiger partial charge is 0.295 e. The number of nitrogens with zero attached hydrogens (tertiary/aromatic N) is 2. The Morgan fingerprint density at radius 2 is 1.67 bits per heavy atom. The molecule has 0 saturated carbocycles. The van der Waals surface area contributed by atoms with Gasteiger partial charge in [0, 0.05) is 34.7 Å². The third kappa shape index (κ3) is 5.69. The molecule has 1 N–H and O–H groups in total. The molecule has 33 heavy (non-hydrogen) atoms. The maximum atomic E-state index is 13.8. The summed E-state index contributed by atoms with van der Waals surface area (Å²) in [7, 11) is 0. The fraction of sp³-hybridized carbons (Fsp3) is 0.370. The zero-order valence-corrected chi connectivity index (χ0v) is 20.5. The molecule has 1 aromatic carbocycles. The average molecular weight is 448 g/mol. The van der Waals surface area contributed by atoms with E-state index in [1.54, 1.807) is 30.6 Å².